The summed E-state index contributed by atoms with van der Waals surface area (Å²) < 4.78 is 0. The van der Waals surface area contributed by atoms with Crippen molar-refractivity contribution < 1.29 is 9.59 Å². The molecule has 2 aliphatic heterocycles. The summed E-state index contributed by atoms with van der Waals surface area (Å²) in [7, 11) is 0. The minimum Gasteiger partial charge on any atom is -0.331 e. The molecular weight excluding hydrogens is 204 g/mol. The van der Waals surface area contributed by atoms with Crippen LogP contribution >= 0.6 is 0 Å². The van der Waals surface area contributed by atoms with Crippen LogP contribution in [0.2, 0.25) is 0 Å². The second-order valence-corrected chi connectivity index (χ2v) is 4.98. The summed E-state index contributed by atoms with van der Waals surface area (Å²) in [5.41, 5.74) is 0. The van der Waals surface area contributed by atoms with Crippen LogP contribution in [-0.4, -0.2) is 47.3 Å². The lowest BCUT2D eigenvalue weighted by atomic mass is 10.1. The first kappa shape index (κ1) is 11.4. The minimum absolute atomic E-state index is 0.130. The van der Waals surface area contributed by atoms with Crippen molar-refractivity contribution in [1.29, 1.82) is 0 Å². The molecule has 0 N–H and O–H groups in total. The van der Waals surface area contributed by atoms with Crippen molar-refractivity contribution in [2.45, 2.75) is 39.2 Å². The van der Waals surface area contributed by atoms with E-state index in [0.717, 1.165) is 32.4 Å². The normalized spacial score (nSPS) is 27.2. The number of amides is 2. The lowest BCUT2D eigenvalue weighted by Crippen LogP contribution is -2.58. The van der Waals surface area contributed by atoms with Crippen molar-refractivity contribution in [3.05, 3.63) is 0 Å². The lowest BCUT2D eigenvalue weighted by molar-refractivity contribution is -0.154. The fourth-order valence-electron chi connectivity index (χ4n) is 2.52. The van der Waals surface area contributed by atoms with Crippen LogP contribution in [0.15, 0.2) is 0 Å². The number of rotatable bonds is 3. The monoisotopic (exact) mass is 224 g/mol. The van der Waals surface area contributed by atoms with E-state index in [1.165, 1.54) is 0 Å². The number of hydrogen-bond acceptors (Lipinski definition) is 2. The van der Waals surface area contributed by atoms with Crippen LogP contribution in [0.1, 0.15) is 33.1 Å². The number of fused-ring (bicyclic) bond motifs is 1. The van der Waals surface area contributed by atoms with Gasteiger partial charge in [0.1, 0.15) is 6.04 Å². The van der Waals surface area contributed by atoms with Gasteiger partial charge >= 0.3 is 0 Å². The summed E-state index contributed by atoms with van der Waals surface area (Å²) in [4.78, 5) is 27.5. The molecule has 0 aliphatic carbocycles. The molecular formula is C12H20N2O2. The number of carbonyl (C=O) groups is 2. The molecule has 0 spiro atoms. The van der Waals surface area contributed by atoms with E-state index in [2.05, 4.69) is 13.8 Å². The van der Waals surface area contributed by atoms with Gasteiger partial charge in [0, 0.05) is 13.1 Å². The predicted octanol–water partition coefficient (Wildman–Crippen LogP) is 0.866. The Balaban J connectivity index is 2.05. The summed E-state index contributed by atoms with van der Waals surface area (Å²) in [6.07, 6.45) is 2.87. The molecule has 2 aliphatic rings. The largest absolute Gasteiger partial charge is 0.331 e. The molecule has 2 amide bonds. The summed E-state index contributed by atoms with van der Waals surface area (Å²) in [5, 5.41) is 0. The second-order valence-electron chi connectivity index (χ2n) is 4.98. The summed E-state index contributed by atoms with van der Waals surface area (Å²) in [6, 6.07) is -0.148. The Morgan fingerprint density at radius 3 is 2.88 bits per heavy atom. The van der Waals surface area contributed by atoms with Crippen molar-refractivity contribution in [3.8, 4) is 0 Å². The maximum absolute atomic E-state index is 12.1. The Morgan fingerprint density at radius 1 is 1.44 bits per heavy atom. The predicted molar refractivity (Wildman–Crippen MR) is 60.8 cm³/mol. The highest BCUT2D eigenvalue weighted by Crippen LogP contribution is 2.24. The Kier molecular flexibility index (Phi) is 3.17. The molecule has 4 heteroatoms. The summed E-state index contributed by atoms with van der Waals surface area (Å²) in [5.74, 6) is 0.771. The van der Waals surface area contributed by atoms with Crippen LogP contribution in [0, 0.1) is 5.92 Å². The van der Waals surface area contributed by atoms with Crippen LogP contribution in [-0.2, 0) is 9.59 Å². The van der Waals surface area contributed by atoms with Gasteiger partial charge in [0.15, 0.2) is 0 Å². The molecule has 2 unspecified atom stereocenters. The van der Waals surface area contributed by atoms with Gasteiger partial charge in [-0.15, -0.1) is 0 Å². The van der Waals surface area contributed by atoms with Gasteiger partial charge < -0.3 is 9.80 Å². The highest BCUT2D eigenvalue weighted by molar-refractivity contribution is 5.95. The Morgan fingerprint density at radius 2 is 2.19 bits per heavy atom. The highest BCUT2D eigenvalue weighted by Gasteiger charge is 2.41. The Bertz CT molecular complexity index is 303. The van der Waals surface area contributed by atoms with E-state index in [1.54, 1.807) is 9.80 Å². The molecule has 0 radical (unpaired) electrons. The molecule has 2 fully saturated rings. The van der Waals surface area contributed by atoms with Crippen molar-refractivity contribution >= 4 is 11.8 Å². The molecule has 0 saturated carbocycles. The summed E-state index contributed by atoms with van der Waals surface area (Å²) in [6.45, 7) is 6.03. The fourth-order valence-corrected chi connectivity index (χ4v) is 2.52. The van der Waals surface area contributed by atoms with Gasteiger partial charge in [0.25, 0.3) is 0 Å². The smallest absolute Gasteiger partial charge is 0.245 e. The van der Waals surface area contributed by atoms with E-state index in [4.69, 9.17) is 0 Å². The number of piperazine rings is 1. The molecule has 0 aromatic rings. The van der Waals surface area contributed by atoms with Crippen molar-refractivity contribution in [2.24, 2.45) is 5.92 Å². The topological polar surface area (TPSA) is 40.6 Å². The quantitative estimate of drug-likeness (QED) is 0.713. The molecule has 2 saturated heterocycles. The molecule has 2 heterocycles. The van der Waals surface area contributed by atoms with Crippen molar-refractivity contribution in [2.75, 3.05) is 19.6 Å². The fraction of sp³-hybridized carbons (Fsp3) is 0.833. The highest BCUT2D eigenvalue weighted by atomic mass is 16.2. The molecule has 4 nitrogen and oxygen atoms in total. The molecule has 0 aromatic heterocycles. The van der Waals surface area contributed by atoms with Crippen LogP contribution in [0.5, 0.6) is 0 Å². The first-order valence-electron chi connectivity index (χ1n) is 6.21. The molecule has 16 heavy (non-hydrogen) atoms. The molecule has 0 bridgehead atoms. The maximum atomic E-state index is 12.1. The third kappa shape index (κ3) is 1.93. The molecule has 90 valence electrons. The lowest BCUT2D eigenvalue weighted by Gasteiger charge is -2.37. The SMILES string of the molecule is CCC(C)CN1CC(=O)N2CCCC2C1=O. The van der Waals surface area contributed by atoms with Crippen LogP contribution in [0.25, 0.3) is 0 Å². The maximum Gasteiger partial charge on any atom is 0.245 e. The van der Waals surface area contributed by atoms with E-state index in [9.17, 15) is 9.59 Å². The van der Waals surface area contributed by atoms with Crippen LogP contribution in [0.3, 0.4) is 0 Å². The Labute approximate surface area is 96.6 Å². The first-order valence-corrected chi connectivity index (χ1v) is 6.21. The zero-order chi connectivity index (χ0) is 11.7. The van der Waals surface area contributed by atoms with E-state index < -0.39 is 0 Å². The molecule has 2 atom stereocenters. The third-order valence-corrected chi connectivity index (χ3v) is 3.72. The van der Waals surface area contributed by atoms with Gasteiger partial charge in [0.05, 0.1) is 6.54 Å². The van der Waals surface area contributed by atoms with E-state index in [-0.39, 0.29) is 17.9 Å². The van der Waals surface area contributed by atoms with Gasteiger partial charge in [-0.05, 0) is 18.8 Å². The summed E-state index contributed by atoms with van der Waals surface area (Å²) >= 11 is 0. The molecule has 0 aromatic carbocycles. The first-order chi connectivity index (χ1) is 7.63. The average Bonchev–Trinajstić information content (AvgIpc) is 2.74. The number of nitrogens with zero attached hydrogens (tertiary/aromatic N) is 2. The standard InChI is InChI=1S/C12H20N2O2/c1-3-9(2)7-13-8-11(15)14-6-4-5-10(14)12(13)16/h9-10H,3-8H2,1-2H3. The second kappa shape index (κ2) is 4.44. The van der Waals surface area contributed by atoms with Gasteiger partial charge in [-0.1, -0.05) is 20.3 Å². The van der Waals surface area contributed by atoms with Gasteiger partial charge in [-0.3, -0.25) is 9.59 Å². The van der Waals surface area contributed by atoms with Gasteiger partial charge in [-0.25, -0.2) is 0 Å². The number of hydrogen-bond donors (Lipinski definition) is 0. The zero-order valence-corrected chi connectivity index (χ0v) is 10.1. The molecule has 2 rings (SSSR count). The van der Waals surface area contributed by atoms with Gasteiger partial charge in [0.2, 0.25) is 11.8 Å². The van der Waals surface area contributed by atoms with E-state index in [0.29, 0.717) is 12.5 Å². The Hall–Kier alpha value is -1.06. The van der Waals surface area contributed by atoms with E-state index in [1.807, 2.05) is 0 Å². The van der Waals surface area contributed by atoms with E-state index >= 15 is 0 Å². The third-order valence-electron chi connectivity index (χ3n) is 3.72. The van der Waals surface area contributed by atoms with Crippen molar-refractivity contribution in [1.82, 2.24) is 9.80 Å². The van der Waals surface area contributed by atoms with Crippen LogP contribution < -0.4 is 0 Å². The minimum atomic E-state index is -0.148. The zero-order valence-electron chi connectivity index (χ0n) is 10.1. The van der Waals surface area contributed by atoms with Gasteiger partial charge in [-0.2, -0.15) is 0 Å². The van der Waals surface area contributed by atoms with Crippen molar-refractivity contribution in [3.63, 3.8) is 0 Å². The average molecular weight is 224 g/mol. The van der Waals surface area contributed by atoms with Crippen LogP contribution in [0.4, 0.5) is 0 Å². The number of carbonyl (C=O) groups excluding carboxylic acids is 2.